The SMILES string of the molecule is Cc1n[nH]c(C)c1S(=O)(=O)N1CC=C(c2c[nH]c3ccccc23)CC1. The first kappa shape index (κ1) is 16.1. The van der Waals surface area contributed by atoms with Crippen LogP contribution < -0.4 is 0 Å². The molecular weight excluding hydrogens is 336 g/mol. The molecule has 6 nitrogen and oxygen atoms in total. The minimum Gasteiger partial charge on any atom is -0.361 e. The van der Waals surface area contributed by atoms with Crippen LogP contribution in [-0.4, -0.2) is 41.0 Å². The highest BCUT2D eigenvalue weighted by atomic mass is 32.2. The zero-order valence-corrected chi connectivity index (χ0v) is 15.0. The number of aromatic amines is 2. The van der Waals surface area contributed by atoms with E-state index in [4.69, 9.17) is 0 Å². The van der Waals surface area contributed by atoms with Crippen LogP contribution in [-0.2, 0) is 10.0 Å². The quantitative estimate of drug-likeness (QED) is 0.757. The molecule has 1 aliphatic heterocycles. The summed E-state index contributed by atoms with van der Waals surface area (Å²) in [6.07, 6.45) is 4.71. The Balaban J connectivity index is 1.64. The number of rotatable bonds is 3. The van der Waals surface area contributed by atoms with Crippen molar-refractivity contribution in [2.75, 3.05) is 13.1 Å². The summed E-state index contributed by atoms with van der Waals surface area (Å²) in [5, 5.41) is 7.95. The molecule has 0 aliphatic carbocycles. The van der Waals surface area contributed by atoms with Crippen molar-refractivity contribution in [2.45, 2.75) is 25.2 Å². The Morgan fingerprint density at radius 2 is 2.00 bits per heavy atom. The van der Waals surface area contributed by atoms with Gasteiger partial charge in [0.25, 0.3) is 0 Å². The number of hydrogen-bond donors (Lipinski definition) is 2. The predicted octanol–water partition coefficient (Wildman–Crippen LogP) is 2.99. The lowest BCUT2D eigenvalue weighted by atomic mass is 10.00. The first-order chi connectivity index (χ1) is 12.0. The highest BCUT2D eigenvalue weighted by molar-refractivity contribution is 7.89. The van der Waals surface area contributed by atoms with Crippen LogP contribution in [0.1, 0.15) is 23.4 Å². The van der Waals surface area contributed by atoms with Gasteiger partial charge in [0, 0.05) is 35.8 Å². The van der Waals surface area contributed by atoms with Crippen LogP contribution in [0.5, 0.6) is 0 Å². The fourth-order valence-electron chi connectivity index (χ4n) is 3.50. The van der Waals surface area contributed by atoms with Crippen molar-refractivity contribution in [3.05, 3.63) is 53.5 Å². The number of fused-ring (bicyclic) bond motifs is 1. The molecule has 0 saturated heterocycles. The van der Waals surface area contributed by atoms with E-state index >= 15 is 0 Å². The number of aryl methyl sites for hydroxylation is 2. The first-order valence-electron chi connectivity index (χ1n) is 8.25. The summed E-state index contributed by atoms with van der Waals surface area (Å²) in [6.45, 7) is 4.30. The molecule has 0 bridgehead atoms. The molecular formula is C18H20N4O2S. The Morgan fingerprint density at radius 1 is 1.20 bits per heavy atom. The number of para-hydroxylation sites is 1. The third kappa shape index (κ3) is 2.60. The van der Waals surface area contributed by atoms with Crippen molar-refractivity contribution in [3.8, 4) is 0 Å². The smallest absolute Gasteiger partial charge is 0.247 e. The van der Waals surface area contributed by atoms with E-state index in [1.165, 1.54) is 15.3 Å². The molecule has 0 saturated carbocycles. The van der Waals surface area contributed by atoms with E-state index in [2.05, 4.69) is 21.2 Å². The fourth-order valence-corrected chi connectivity index (χ4v) is 5.21. The second kappa shape index (κ2) is 5.86. The fraction of sp³-hybridized carbons (Fsp3) is 0.278. The summed E-state index contributed by atoms with van der Waals surface area (Å²) in [4.78, 5) is 3.58. The molecule has 0 radical (unpaired) electrons. The Labute approximate surface area is 146 Å². The largest absolute Gasteiger partial charge is 0.361 e. The Morgan fingerprint density at radius 3 is 2.68 bits per heavy atom. The van der Waals surface area contributed by atoms with Crippen LogP contribution in [0.25, 0.3) is 16.5 Å². The molecule has 2 aromatic heterocycles. The maximum Gasteiger partial charge on any atom is 0.247 e. The van der Waals surface area contributed by atoms with Gasteiger partial charge in [-0.25, -0.2) is 8.42 Å². The lowest BCUT2D eigenvalue weighted by molar-refractivity contribution is 0.440. The second-order valence-electron chi connectivity index (χ2n) is 6.35. The lowest BCUT2D eigenvalue weighted by Crippen LogP contribution is -2.35. The molecule has 0 atom stereocenters. The van der Waals surface area contributed by atoms with E-state index in [0.29, 0.717) is 35.8 Å². The average molecular weight is 356 g/mol. The molecule has 0 amide bonds. The van der Waals surface area contributed by atoms with E-state index in [9.17, 15) is 8.42 Å². The van der Waals surface area contributed by atoms with Gasteiger partial charge in [0.15, 0.2) is 0 Å². The maximum absolute atomic E-state index is 12.9. The van der Waals surface area contributed by atoms with E-state index in [-0.39, 0.29) is 0 Å². The van der Waals surface area contributed by atoms with E-state index < -0.39 is 10.0 Å². The number of H-pyrrole nitrogens is 2. The van der Waals surface area contributed by atoms with Crippen molar-refractivity contribution in [3.63, 3.8) is 0 Å². The van der Waals surface area contributed by atoms with Gasteiger partial charge in [-0.15, -0.1) is 0 Å². The van der Waals surface area contributed by atoms with E-state index in [1.54, 1.807) is 13.8 Å². The Hall–Kier alpha value is -2.38. The molecule has 3 heterocycles. The summed E-state index contributed by atoms with van der Waals surface area (Å²) in [5.74, 6) is 0. The molecule has 1 aromatic carbocycles. The standard InChI is InChI=1S/C18H20N4O2S/c1-12-18(13(2)21-20-12)25(23,24)22-9-7-14(8-10-22)16-11-19-17-6-4-3-5-15(16)17/h3-7,11,19H,8-10H2,1-2H3,(H,20,21). The third-order valence-corrected chi connectivity index (χ3v) is 6.89. The van der Waals surface area contributed by atoms with E-state index in [0.717, 1.165) is 11.1 Å². The maximum atomic E-state index is 12.9. The summed E-state index contributed by atoms with van der Waals surface area (Å²) in [5.41, 5.74) is 4.54. The number of nitrogens with zero attached hydrogens (tertiary/aromatic N) is 2. The normalized spacial score (nSPS) is 16.3. The molecule has 4 rings (SSSR count). The van der Waals surface area contributed by atoms with Crippen molar-refractivity contribution >= 4 is 26.5 Å². The molecule has 0 fully saturated rings. The minimum atomic E-state index is -3.53. The Bertz CT molecular complexity index is 1060. The van der Waals surface area contributed by atoms with Gasteiger partial charge in [0.1, 0.15) is 4.90 Å². The summed E-state index contributed by atoms with van der Waals surface area (Å²) in [7, 11) is -3.53. The van der Waals surface area contributed by atoms with Gasteiger partial charge in [-0.1, -0.05) is 24.3 Å². The summed E-state index contributed by atoms with van der Waals surface area (Å²) < 4.78 is 27.4. The van der Waals surface area contributed by atoms with Crippen LogP contribution in [0.4, 0.5) is 0 Å². The molecule has 3 aromatic rings. The number of hydrogen-bond acceptors (Lipinski definition) is 3. The molecule has 130 valence electrons. The van der Waals surface area contributed by atoms with Crippen molar-refractivity contribution in [2.24, 2.45) is 0 Å². The number of aromatic nitrogens is 3. The molecule has 0 unspecified atom stereocenters. The monoisotopic (exact) mass is 356 g/mol. The van der Waals surface area contributed by atoms with Crippen LogP contribution >= 0.6 is 0 Å². The van der Waals surface area contributed by atoms with Crippen LogP contribution in [0, 0.1) is 13.8 Å². The minimum absolute atomic E-state index is 0.302. The highest BCUT2D eigenvalue weighted by Gasteiger charge is 2.30. The zero-order chi connectivity index (χ0) is 17.6. The van der Waals surface area contributed by atoms with Crippen molar-refractivity contribution in [1.82, 2.24) is 19.5 Å². The third-order valence-electron chi connectivity index (χ3n) is 4.77. The van der Waals surface area contributed by atoms with Crippen LogP contribution in [0.3, 0.4) is 0 Å². The molecule has 2 N–H and O–H groups in total. The predicted molar refractivity (Wildman–Crippen MR) is 97.7 cm³/mol. The highest BCUT2D eigenvalue weighted by Crippen LogP contribution is 2.31. The first-order valence-corrected chi connectivity index (χ1v) is 9.69. The van der Waals surface area contributed by atoms with Crippen LogP contribution in [0.2, 0.25) is 0 Å². The van der Waals surface area contributed by atoms with E-state index in [1.807, 2.05) is 30.5 Å². The van der Waals surface area contributed by atoms with Gasteiger partial charge in [-0.05, 0) is 31.9 Å². The van der Waals surface area contributed by atoms with Gasteiger partial charge in [-0.3, -0.25) is 5.10 Å². The van der Waals surface area contributed by atoms with Gasteiger partial charge < -0.3 is 4.98 Å². The summed E-state index contributed by atoms with van der Waals surface area (Å²) >= 11 is 0. The van der Waals surface area contributed by atoms with Crippen molar-refractivity contribution < 1.29 is 8.42 Å². The molecule has 1 aliphatic rings. The van der Waals surface area contributed by atoms with Gasteiger partial charge >= 0.3 is 0 Å². The number of sulfonamides is 1. The zero-order valence-electron chi connectivity index (χ0n) is 14.2. The summed E-state index contributed by atoms with van der Waals surface area (Å²) in [6, 6.07) is 8.15. The molecule has 7 heteroatoms. The lowest BCUT2D eigenvalue weighted by Gasteiger charge is -2.26. The van der Waals surface area contributed by atoms with Gasteiger partial charge in [-0.2, -0.15) is 9.40 Å². The van der Waals surface area contributed by atoms with Gasteiger partial charge in [0.05, 0.1) is 11.4 Å². The number of benzene rings is 1. The average Bonchev–Trinajstić information content (AvgIpc) is 3.18. The number of nitrogens with one attached hydrogen (secondary N) is 2. The second-order valence-corrected chi connectivity index (χ2v) is 8.23. The molecule has 25 heavy (non-hydrogen) atoms. The molecule has 0 spiro atoms. The van der Waals surface area contributed by atoms with Crippen molar-refractivity contribution in [1.29, 1.82) is 0 Å². The topological polar surface area (TPSA) is 81.8 Å². The Kier molecular flexibility index (Phi) is 3.77. The van der Waals surface area contributed by atoms with Gasteiger partial charge in [0.2, 0.25) is 10.0 Å². The van der Waals surface area contributed by atoms with Crippen LogP contribution in [0.15, 0.2) is 41.4 Å².